The number of ether oxygens (including phenoxy) is 1. The maximum atomic E-state index is 12.5. The molecule has 0 bridgehead atoms. The van der Waals surface area contributed by atoms with Gasteiger partial charge in [0.15, 0.2) is 0 Å². The number of likely N-dealkylation sites (tertiary alicyclic amines) is 1. The van der Waals surface area contributed by atoms with Crippen molar-refractivity contribution < 1.29 is 9.53 Å². The molecular formula is C23H30N2O2. The van der Waals surface area contributed by atoms with Crippen LogP contribution in [0.3, 0.4) is 0 Å². The van der Waals surface area contributed by atoms with Crippen molar-refractivity contribution >= 4 is 5.91 Å². The number of carbonyl (C=O) groups excluding carboxylic acids is 1. The Morgan fingerprint density at radius 2 is 1.85 bits per heavy atom. The minimum absolute atomic E-state index is 0.120. The lowest BCUT2D eigenvalue weighted by Gasteiger charge is -2.31. The van der Waals surface area contributed by atoms with Gasteiger partial charge in [0.05, 0.1) is 6.61 Å². The fourth-order valence-electron chi connectivity index (χ4n) is 3.55. The molecule has 2 aromatic rings. The van der Waals surface area contributed by atoms with E-state index in [2.05, 4.69) is 41.4 Å². The first-order chi connectivity index (χ1) is 13.1. The van der Waals surface area contributed by atoms with Gasteiger partial charge in [-0.25, -0.2) is 0 Å². The summed E-state index contributed by atoms with van der Waals surface area (Å²) in [7, 11) is 0. The van der Waals surface area contributed by atoms with Gasteiger partial charge in [0.2, 0.25) is 5.91 Å². The standard InChI is InChI=1S/C23H30N2O2/c1-3-27-22-6-4-5-20(15-22)16-24-23(26)21-11-13-25(14-12-21)17-19-9-7-18(2)8-10-19/h4-10,15,21H,3,11-14,16-17H2,1-2H3,(H,24,26). The molecule has 1 fully saturated rings. The average Bonchev–Trinajstić information content (AvgIpc) is 2.69. The third-order valence-electron chi connectivity index (χ3n) is 5.16. The van der Waals surface area contributed by atoms with Crippen molar-refractivity contribution in [3.8, 4) is 5.75 Å². The molecule has 3 rings (SSSR count). The van der Waals surface area contributed by atoms with Crippen LogP contribution in [0.2, 0.25) is 0 Å². The van der Waals surface area contributed by atoms with Gasteiger partial charge in [-0.15, -0.1) is 0 Å². The maximum absolute atomic E-state index is 12.5. The molecule has 1 N–H and O–H groups in total. The van der Waals surface area contributed by atoms with E-state index in [0.717, 1.165) is 43.8 Å². The largest absolute Gasteiger partial charge is 0.494 e. The number of nitrogens with zero attached hydrogens (tertiary/aromatic N) is 1. The van der Waals surface area contributed by atoms with E-state index in [4.69, 9.17) is 4.74 Å². The Morgan fingerprint density at radius 3 is 2.56 bits per heavy atom. The van der Waals surface area contributed by atoms with E-state index >= 15 is 0 Å². The van der Waals surface area contributed by atoms with Gasteiger partial charge in [0.1, 0.15) is 5.75 Å². The SMILES string of the molecule is CCOc1cccc(CNC(=O)C2CCN(Cc3ccc(C)cc3)CC2)c1. The molecule has 27 heavy (non-hydrogen) atoms. The number of nitrogens with one attached hydrogen (secondary N) is 1. The second-order valence-corrected chi connectivity index (χ2v) is 7.33. The molecule has 0 saturated carbocycles. The lowest BCUT2D eigenvalue weighted by atomic mass is 9.95. The van der Waals surface area contributed by atoms with Crippen LogP contribution in [0.15, 0.2) is 48.5 Å². The Bertz CT molecular complexity index is 734. The predicted octanol–water partition coefficient (Wildman–Crippen LogP) is 3.92. The van der Waals surface area contributed by atoms with E-state index in [1.807, 2.05) is 31.2 Å². The highest BCUT2D eigenvalue weighted by molar-refractivity contribution is 5.78. The molecular weight excluding hydrogens is 336 g/mol. The average molecular weight is 367 g/mol. The third-order valence-corrected chi connectivity index (χ3v) is 5.16. The Labute approximate surface area is 162 Å². The Hall–Kier alpha value is -2.33. The molecule has 1 saturated heterocycles. The summed E-state index contributed by atoms with van der Waals surface area (Å²) in [6, 6.07) is 16.6. The lowest BCUT2D eigenvalue weighted by molar-refractivity contribution is -0.126. The predicted molar refractivity (Wildman–Crippen MR) is 109 cm³/mol. The smallest absolute Gasteiger partial charge is 0.223 e. The molecule has 0 radical (unpaired) electrons. The van der Waals surface area contributed by atoms with Crippen molar-refractivity contribution in [3.63, 3.8) is 0 Å². The topological polar surface area (TPSA) is 41.6 Å². The highest BCUT2D eigenvalue weighted by Crippen LogP contribution is 2.20. The van der Waals surface area contributed by atoms with Crippen LogP contribution in [-0.4, -0.2) is 30.5 Å². The van der Waals surface area contributed by atoms with E-state index in [-0.39, 0.29) is 11.8 Å². The Kier molecular flexibility index (Phi) is 6.88. The molecule has 1 aliphatic heterocycles. The van der Waals surface area contributed by atoms with E-state index in [1.54, 1.807) is 0 Å². The fourth-order valence-corrected chi connectivity index (χ4v) is 3.55. The van der Waals surface area contributed by atoms with E-state index in [9.17, 15) is 4.79 Å². The zero-order chi connectivity index (χ0) is 19.1. The summed E-state index contributed by atoms with van der Waals surface area (Å²) in [6.45, 7) is 8.22. The van der Waals surface area contributed by atoms with E-state index in [1.165, 1.54) is 11.1 Å². The second-order valence-electron chi connectivity index (χ2n) is 7.33. The van der Waals surface area contributed by atoms with Crippen molar-refractivity contribution in [3.05, 3.63) is 65.2 Å². The molecule has 1 aliphatic rings. The van der Waals surface area contributed by atoms with Crippen LogP contribution >= 0.6 is 0 Å². The fraction of sp³-hybridized carbons (Fsp3) is 0.435. The number of hydrogen-bond donors (Lipinski definition) is 1. The number of benzene rings is 2. The summed E-state index contributed by atoms with van der Waals surface area (Å²) >= 11 is 0. The highest BCUT2D eigenvalue weighted by atomic mass is 16.5. The van der Waals surface area contributed by atoms with E-state index in [0.29, 0.717) is 13.2 Å². The monoisotopic (exact) mass is 366 g/mol. The van der Waals surface area contributed by atoms with Gasteiger partial charge in [-0.05, 0) is 63.0 Å². The minimum atomic E-state index is 0.120. The van der Waals surface area contributed by atoms with Crippen molar-refractivity contribution in [2.45, 2.75) is 39.8 Å². The number of hydrogen-bond acceptors (Lipinski definition) is 3. The second kappa shape index (κ2) is 9.56. The quantitative estimate of drug-likeness (QED) is 0.807. The van der Waals surface area contributed by atoms with Crippen LogP contribution in [0.1, 0.15) is 36.5 Å². The van der Waals surface area contributed by atoms with Crippen LogP contribution in [0, 0.1) is 12.8 Å². The van der Waals surface area contributed by atoms with Crippen LogP contribution in [0.5, 0.6) is 5.75 Å². The first kappa shape index (κ1) is 19.4. The highest BCUT2D eigenvalue weighted by Gasteiger charge is 2.24. The van der Waals surface area contributed by atoms with Gasteiger partial charge in [-0.3, -0.25) is 9.69 Å². The number of piperidine rings is 1. The van der Waals surface area contributed by atoms with Gasteiger partial charge >= 0.3 is 0 Å². The van der Waals surface area contributed by atoms with Gasteiger partial charge in [-0.2, -0.15) is 0 Å². The van der Waals surface area contributed by atoms with Gasteiger partial charge < -0.3 is 10.1 Å². The molecule has 0 aliphatic carbocycles. The molecule has 4 heteroatoms. The summed E-state index contributed by atoms with van der Waals surface area (Å²) in [5.41, 5.74) is 3.71. The molecule has 4 nitrogen and oxygen atoms in total. The summed E-state index contributed by atoms with van der Waals surface area (Å²) in [4.78, 5) is 15.0. The summed E-state index contributed by atoms with van der Waals surface area (Å²) in [5.74, 6) is 1.15. The molecule has 0 spiro atoms. The molecule has 1 amide bonds. The van der Waals surface area contributed by atoms with Gasteiger partial charge in [0.25, 0.3) is 0 Å². The maximum Gasteiger partial charge on any atom is 0.223 e. The first-order valence-electron chi connectivity index (χ1n) is 9.91. The van der Waals surface area contributed by atoms with Crippen molar-refractivity contribution in [1.29, 1.82) is 0 Å². The Morgan fingerprint density at radius 1 is 1.11 bits per heavy atom. The van der Waals surface area contributed by atoms with E-state index < -0.39 is 0 Å². The molecule has 1 heterocycles. The molecule has 0 aromatic heterocycles. The van der Waals surface area contributed by atoms with Crippen LogP contribution in [0.4, 0.5) is 0 Å². The molecule has 144 valence electrons. The third kappa shape index (κ3) is 5.83. The van der Waals surface area contributed by atoms with Gasteiger partial charge in [0, 0.05) is 19.0 Å². The van der Waals surface area contributed by atoms with Crippen LogP contribution in [-0.2, 0) is 17.9 Å². The van der Waals surface area contributed by atoms with Crippen molar-refractivity contribution in [2.24, 2.45) is 5.92 Å². The molecule has 0 atom stereocenters. The number of rotatable bonds is 7. The molecule has 2 aromatic carbocycles. The summed E-state index contributed by atoms with van der Waals surface area (Å²) in [5, 5.41) is 3.10. The summed E-state index contributed by atoms with van der Waals surface area (Å²) < 4.78 is 5.52. The van der Waals surface area contributed by atoms with Crippen molar-refractivity contribution in [1.82, 2.24) is 10.2 Å². The van der Waals surface area contributed by atoms with Crippen LogP contribution in [0.25, 0.3) is 0 Å². The first-order valence-corrected chi connectivity index (χ1v) is 9.91. The molecule has 0 unspecified atom stereocenters. The lowest BCUT2D eigenvalue weighted by Crippen LogP contribution is -2.40. The number of amides is 1. The van der Waals surface area contributed by atoms with Crippen molar-refractivity contribution in [2.75, 3.05) is 19.7 Å². The number of aryl methyl sites for hydroxylation is 1. The minimum Gasteiger partial charge on any atom is -0.494 e. The zero-order valence-electron chi connectivity index (χ0n) is 16.4. The summed E-state index contributed by atoms with van der Waals surface area (Å²) in [6.07, 6.45) is 1.85. The van der Waals surface area contributed by atoms with Crippen LogP contribution < -0.4 is 10.1 Å². The normalized spacial score (nSPS) is 15.5. The zero-order valence-corrected chi connectivity index (χ0v) is 16.4. The van der Waals surface area contributed by atoms with Gasteiger partial charge in [-0.1, -0.05) is 42.0 Å². The Balaban J connectivity index is 1.43. The number of carbonyl (C=O) groups is 1.